The predicted octanol–water partition coefficient (Wildman–Crippen LogP) is 1.52. The van der Waals surface area contributed by atoms with Gasteiger partial charge in [0.05, 0.1) is 19.8 Å². The third-order valence-electron chi connectivity index (χ3n) is 3.21. The highest BCUT2D eigenvalue weighted by Gasteiger charge is 2.22. The average molecular weight is 235 g/mol. The summed E-state index contributed by atoms with van der Waals surface area (Å²) in [6.45, 7) is 4.68. The number of aliphatic hydroxyl groups is 1. The molecule has 1 fully saturated rings. The molecule has 1 N–H and O–H groups in total. The van der Waals surface area contributed by atoms with Gasteiger partial charge in [-0.1, -0.05) is 30.3 Å². The van der Waals surface area contributed by atoms with Crippen molar-refractivity contribution in [1.29, 1.82) is 0 Å². The van der Waals surface area contributed by atoms with Crippen molar-refractivity contribution in [2.75, 3.05) is 32.9 Å². The van der Waals surface area contributed by atoms with Gasteiger partial charge < -0.3 is 9.84 Å². The summed E-state index contributed by atoms with van der Waals surface area (Å²) < 4.78 is 5.39. The molecular formula is C14H21NO2. The minimum atomic E-state index is 0.125. The molecule has 1 heterocycles. The Morgan fingerprint density at radius 2 is 2.12 bits per heavy atom. The van der Waals surface area contributed by atoms with Gasteiger partial charge in [-0.25, -0.2) is 0 Å². The fourth-order valence-electron chi connectivity index (χ4n) is 2.35. The first-order valence-corrected chi connectivity index (χ1v) is 6.33. The molecule has 1 aromatic carbocycles. The number of likely N-dealkylation sites (tertiary alicyclic amines) is 1. The molecule has 1 aliphatic rings. The van der Waals surface area contributed by atoms with Crippen molar-refractivity contribution in [1.82, 2.24) is 4.90 Å². The van der Waals surface area contributed by atoms with Crippen LogP contribution in [0.1, 0.15) is 12.0 Å². The topological polar surface area (TPSA) is 32.7 Å². The summed E-state index contributed by atoms with van der Waals surface area (Å²) in [5, 5.41) is 8.65. The van der Waals surface area contributed by atoms with Crippen molar-refractivity contribution in [2.45, 2.75) is 13.0 Å². The first-order chi connectivity index (χ1) is 8.38. The van der Waals surface area contributed by atoms with Gasteiger partial charge in [0.1, 0.15) is 0 Å². The van der Waals surface area contributed by atoms with Gasteiger partial charge in [0, 0.05) is 13.1 Å². The van der Waals surface area contributed by atoms with Crippen molar-refractivity contribution in [3.05, 3.63) is 35.9 Å². The second-order valence-electron chi connectivity index (χ2n) is 4.67. The Labute approximate surface area is 103 Å². The summed E-state index contributed by atoms with van der Waals surface area (Å²) in [7, 11) is 0. The van der Waals surface area contributed by atoms with Gasteiger partial charge in [-0.2, -0.15) is 0 Å². The van der Waals surface area contributed by atoms with E-state index in [9.17, 15) is 0 Å². The van der Waals surface area contributed by atoms with Gasteiger partial charge in [-0.3, -0.25) is 4.90 Å². The molecule has 0 bridgehead atoms. The zero-order chi connectivity index (χ0) is 11.9. The molecule has 1 atom stereocenters. The van der Waals surface area contributed by atoms with Crippen LogP contribution in [0.3, 0.4) is 0 Å². The summed E-state index contributed by atoms with van der Waals surface area (Å²) in [4.78, 5) is 2.47. The minimum Gasteiger partial charge on any atom is -0.394 e. The van der Waals surface area contributed by atoms with E-state index in [0.29, 0.717) is 12.5 Å². The molecule has 3 nitrogen and oxygen atoms in total. The van der Waals surface area contributed by atoms with Crippen LogP contribution < -0.4 is 0 Å². The van der Waals surface area contributed by atoms with Crippen LogP contribution in [0.4, 0.5) is 0 Å². The lowest BCUT2D eigenvalue weighted by molar-refractivity contribution is 0.0691. The lowest BCUT2D eigenvalue weighted by Gasteiger charge is -2.16. The van der Waals surface area contributed by atoms with Crippen molar-refractivity contribution in [3.8, 4) is 0 Å². The Morgan fingerprint density at radius 1 is 1.29 bits per heavy atom. The Hall–Kier alpha value is -0.900. The second-order valence-corrected chi connectivity index (χ2v) is 4.67. The van der Waals surface area contributed by atoms with Crippen LogP contribution in [0, 0.1) is 5.92 Å². The van der Waals surface area contributed by atoms with Crippen LogP contribution in [0.2, 0.25) is 0 Å². The van der Waals surface area contributed by atoms with Gasteiger partial charge in [-0.05, 0) is 24.4 Å². The molecule has 1 saturated heterocycles. The van der Waals surface area contributed by atoms with Crippen molar-refractivity contribution >= 4 is 0 Å². The molecule has 0 amide bonds. The monoisotopic (exact) mass is 235 g/mol. The third kappa shape index (κ3) is 4.11. The largest absolute Gasteiger partial charge is 0.394 e. The van der Waals surface area contributed by atoms with E-state index in [1.54, 1.807) is 0 Å². The fraction of sp³-hybridized carbons (Fsp3) is 0.571. The molecule has 17 heavy (non-hydrogen) atoms. The van der Waals surface area contributed by atoms with E-state index in [-0.39, 0.29) is 6.61 Å². The zero-order valence-corrected chi connectivity index (χ0v) is 10.2. The van der Waals surface area contributed by atoms with E-state index in [1.165, 1.54) is 12.0 Å². The lowest BCUT2D eigenvalue weighted by Crippen LogP contribution is -2.21. The van der Waals surface area contributed by atoms with Gasteiger partial charge in [0.2, 0.25) is 0 Å². The Balaban J connectivity index is 1.71. The van der Waals surface area contributed by atoms with Crippen LogP contribution in [0.15, 0.2) is 30.3 Å². The maximum atomic E-state index is 8.65. The Bertz CT molecular complexity index is 315. The quantitative estimate of drug-likeness (QED) is 0.759. The van der Waals surface area contributed by atoms with Gasteiger partial charge in [-0.15, -0.1) is 0 Å². The number of ether oxygens (including phenoxy) is 1. The lowest BCUT2D eigenvalue weighted by atomic mass is 10.1. The summed E-state index contributed by atoms with van der Waals surface area (Å²) in [6, 6.07) is 10.6. The average Bonchev–Trinajstić information content (AvgIpc) is 2.79. The molecule has 0 aromatic heterocycles. The maximum absolute atomic E-state index is 8.65. The Kier molecular flexibility index (Phi) is 4.98. The predicted molar refractivity (Wildman–Crippen MR) is 67.7 cm³/mol. The van der Waals surface area contributed by atoms with E-state index in [1.807, 2.05) is 0 Å². The van der Waals surface area contributed by atoms with Crippen LogP contribution in [0.5, 0.6) is 0 Å². The molecule has 94 valence electrons. The maximum Gasteiger partial charge on any atom is 0.0697 e. The van der Waals surface area contributed by atoms with Crippen LogP contribution in [-0.4, -0.2) is 42.9 Å². The SMILES string of the molecule is OCCOC[C@H]1CCN(Cc2ccccc2)C1. The first kappa shape index (κ1) is 12.6. The molecule has 0 saturated carbocycles. The molecule has 0 aliphatic carbocycles. The smallest absolute Gasteiger partial charge is 0.0697 e. The second kappa shape index (κ2) is 6.74. The molecule has 1 aromatic rings. The highest BCUT2D eigenvalue weighted by Crippen LogP contribution is 2.18. The molecule has 0 spiro atoms. The van der Waals surface area contributed by atoms with E-state index in [0.717, 1.165) is 26.2 Å². The summed E-state index contributed by atoms with van der Waals surface area (Å²) in [5.41, 5.74) is 1.38. The Morgan fingerprint density at radius 3 is 2.88 bits per heavy atom. The van der Waals surface area contributed by atoms with Crippen molar-refractivity contribution in [3.63, 3.8) is 0 Å². The number of hydrogen-bond acceptors (Lipinski definition) is 3. The van der Waals surface area contributed by atoms with E-state index in [4.69, 9.17) is 9.84 Å². The van der Waals surface area contributed by atoms with Crippen LogP contribution in [-0.2, 0) is 11.3 Å². The fourth-order valence-corrected chi connectivity index (χ4v) is 2.35. The van der Waals surface area contributed by atoms with Crippen molar-refractivity contribution < 1.29 is 9.84 Å². The molecular weight excluding hydrogens is 214 g/mol. The van der Waals surface area contributed by atoms with E-state index < -0.39 is 0 Å². The number of nitrogens with zero attached hydrogens (tertiary/aromatic N) is 1. The van der Waals surface area contributed by atoms with E-state index in [2.05, 4.69) is 35.2 Å². The standard InChI is InChI=1S/C14H21NO2/c16-8-9-17-12-14-6-7-15(11-14)10-13-4-2-1-3-5-13/h1-5,14,16H,6-12H2/t14-/m0/s1. The summed E-state index contributed by atoms with van der Waals surface area (Å²) in [6.07, 6.45) is 1.21. The molecule has 2 rings (SSSR count). The summed E-state index contributed by atoms with van der Waals surface area (Å²) in [5.74, 6) is 0.630. The van der Waals surface area contributed by atoms with Gasteiger partial charge in [0.15, 0.2) is 0 Å². The van der Waals surface area contributed by atoms with Crippen LogP contribution in [0.25, 0.3) is 0 Å². The minimum absolute atomic E-state index is 0.125. The first-order valence-electron chi connectivity index (χ1n) is 6.33. The normalized spacial score (nSPS) is 20.9. The molecule has 3 heteroatoms. The summed E-state index contributed by atoms with van der Waals surface area (Å²) >= 11 is 0. The third-order valence-corrected chi connectivity index (χ3v) is 3.21. The van der Waals surface area contributed by atoms with E-state index >= 15 is 0 Å². The molecule has 0 radical (unpaired) electrons. The zero-order valence-electron chi connectivity index (χ0n) is 10.2. The highest BCUT2D eigenvalue weighted by molar-refractivity contribution is 5.14. The van der Waals surface area contributed by atoms with Crippen molar-refractivity contribution in [2.24, 2.45) is 5.92 Å². The van der Waals surface area contributed by atoms with Gasteiger partial charge in [0.25, 0.3) is 0 Å². The van der Waals surface area contributed by atoms with Crippen LogP contribution >= 0.6 is 0 Å². The number of benzene rings is 1. The number of rotatable bonds is 6. The number of aliphatic hydroxyl groups excluding tert-OH is 1. The highest BCUT2D eigenvalue weighted by atomic mass is 16.5. The molecule has 0 unspecified atom stereocenters. The number of hydrogen-bond donors (Lipinski definition) is 1. The van der Waals surface area contributed by atoms with Gasteiger partial charge >= 0.3 is 0 Å². The molecule has 1 aliphatic heterocycles.